The van der Waals surface area contributed by atoms with Crippen molar-refractivity contribution >= 4 is 11.6 Å². The summed E-state index contributed by atoms with van der Waals surface area (Å²) in [5.41, 5.74) is 0.952. The van der Waals surface area contributed by atoms with Gasteiger partial charge < -0.3 is 4.42 Å². The average molecular weight is 225 g/mol. The second-order valence-corrected chi connectivity index (χ2v) is 3.46. The van der Waals surface area contributed by atoms with Gasteiger partial charge in [-0.3, -0.25) is 0 Å². The number of hydrogen-bond acceptors (Lipinski definition) is 4. The van der Waals surface area contributed by atoms with Gasteiger partial charge in [0.05, 0.1) is 6.54 Å². The van der Waals surface area contributed by atoms with Crippen LogP contribution in [0, 0.1) is 12.3 Å². The molecule has 0 amide bonds. The molecule has 0 aliphatic rings. The lowest BCUT2D eigenvalue weighted by Gasteiger charge is -1.99. The molecule has 15 heavy (non-hydrogen) atoms. The van der Waals surface area contributed by atoms with Crippen molar-refractivity contribution in [2.45, 2.75) is 13.5 Å². The summed E-state index contributed by atoms with van der Waals surface area (Å²) in [7, 11) is 0. The molecule has 0 atom stereocenters. The highest BCUT2D eigenvalue weighted by atomic mass is 35.5. The van der Waals surface area contributed by atoms with Crippen LogP contribution in [0.5, 0.6) is 0 Å². The standard InChI is InChI=1S/C9H9ClN4O/c1-6-13-14(9(11)15-6)5-7-2-3-8(10)12-4-7/h2-4,11H,5H2,1H3. The van der Waals surface area contributed by atoms with E-state index in [4.69, 9.17) is 21.4 Å². The van der Waals surface area contributed by atoms with E-state index >= 15 is 0 Å². The third-order valence-electron chi connectivity index (χ3n) is 1.86. The summed E-state index contributed by atoms with van der Waals surface area (Å²) in [5.74, 6) is 0.474. The Morgan fingerprint density at radius 3 is 2.87 bits per heavy atom. The molecular formula is C9H9ClN4O. The van der Waals surface area contributed by atoms with Crippen LogP contribution < -0.4 is 5.68 Å². The normalized spacial score (nSPS) is 10.5. The van der Waals surface area contributed by atoms with Crippen molar-refractivity contribution in [2.75, 3.05) is 0 Å². The molecule has 0 aromatic carbocycles. The molecule has 0 fully saturated rings. The van der Waals surface area contributed by atoms with Gasteiger partial charge in [0.15, 0.2) is 0 Å². The highest BCUT2D eigenvalue weighted by molar-refractivity contribution is 6.29. The number of aryl methyl sites for hydroxylation is 1. The number of halogens is 1. The van der Waals surface area contributed by atoms with Crippen LogP contribution in [0.4, 0.5) is 0 Å². The first-order chi connectivity index (χ1) is 7.15. The van der Waals surface area contributed by atoms with Crippen LogP contribution in [0.25, 0.3) is 0 Å². The van der Waals surface area contributed by atoms with Crippen LogP contribution in [0.15, 0.2) is 22.7 Å². The molecule has 0 saturated carbocycles. The first-order valence-corrected chi connectivity index (χ1v) is 4.72. The van der Waals surface area contributed by atoms with Gasteiger partial charge in [0, 0.05) is 13.1 Å². The molecular weight excluding hydrogens is 216 g/mol. The third kappa shape index (κ3) is 2.24. The molecule has 0 saturated heterocycles. The van der Waals surface area contributed by atoms with E-state index in [1.54, 1.807) is 19.2 Å². The lowest BCUT2D eigenvalue weighted by molar-refractivity contribution is 0.439. The summed E-state index contributed by atoms with van der Waals surface area (Å²) in [6.45, 7) is 2.16. The van der Waals surface area contributed by atoms with Crippen LogP contribution in [0.2, 0.25) is 5.15 Å². The lowest BCUT2D eigenvalue weighted by atomic mass is 10.3. The lowest BCUT2D eigenvalue weighted by Crippen LogP contribution is -2.16. The van der Waals surface area contributed by atoms with E-state index in [2.05, 4.69) is 10.1 Å². The summed E-state index contributed by atoms with van der Waals surface area (Å²) in [4.78, 5) is 3.94. The van der Waals surface area contributed by atoms with Crippen molar-refractivity contribution in [3.8, 4) is 0 Å². The molecule has 1 N–H and O–H groups in total. The van der Waals surface area contributed by atoms with Crippen LogP contribution in [0.3, 0.4) is 0 Å². The van der Waals surface area contributed by atoms with E-state index in [9.17, 15) is 0 Å². The minimum Gasteiger partial charge on any atom is -0.409 e. The minimum absolute atomic E-state index is 0.0300. The molecule has 0 bridgehead atoms. The van der Waals surface area contributed by atoms with Gasteiger partial charge in [0.25, 0.3) is 0 Å². The zero-order chi connectivity index (χ0) is 10.8. The molecule has 0 spiro atoms. The fraction of sp³-hybridized carbons (Fsp3) is 0.222. The van der Waals surface area contributed by atoms with E-state index in [1.165, 1.54) is 4.68 Å². The average Bonchev–Trinajstić information content (AvgIpc) is 2.49. The number of nitrogens with one attached hydrogen (secondary N) is 1. The van der Waals surface area contributed by atoms with Crippen molar-refractivity contribution in [2.24, 2.45) is 0 Å². The monoisotopic (exact) mass is 224 g/mol. The van der Waals surface area contributed by atoms with Crippen molar-refractivity contribution in [3.63, 3.8) is 0 Å². The molecule has 0 aliphatic heterocycles. The first kappa shape index (κ1) is 9.92. The van der Waals surface area contributed by atoms with E-state index in [0.29, 0.717) is 17.6 Å². The van der Waals surface area contributed by atoms with Crippen molar-refractivity contribution in [1.82, 2.24) is 14.8 Å². The number of pyridine rings is 1. The Morgan fingerprint density at radius 2 is 2.33 bits per heavy atom. The van der Waals surface area contributed by atoms with Crippen molar-refractivity contribution in [1.29, 1.82) is 5.41 Å². The van der Waals surface area contributed by atoms with E-state index in [0.717, 1.165) is 5.56 Å². The molecule has 6 heteroatoms. The third-order valence-corrected chi connectivity index (χ3v) is 2.08. The van der Waals surface area contributed by atoms with Gasteiger partial charge in [-0.15, -0.1) is 5.10 Å². The number of hydrogen-bond donors (Lipinski definition) is 1. The summed E-state index contributed by atoms with van der Waals surface area (Å²) in [6, 6.07) is 3.54. The highest BCUT2D eigenvalue weighted by Crippen LogP contribution is 2.05. The van der Waals surface area contributed by atoms with Gasteiger partial charge >= 0.3 is 5.68 Å². The van der Waals surface area contributed by atoms with Gasteiger partial charge in [0.2, 0.25) is 5.89 Å². The second kappa shape index (κ2) is 3.86. The molecule has 2 aromatic heterocycles. The molecule has 0 aliphatic carbocycles. The zero-order valence-electron chi connectivity index (χ0n) is 8.07. The predicted molar refractivity (Wildman–Crippen MR) is 53.4 cm³/mol. The Hall–Kier alpha value is -1.62. The first-order valence-electron chi connectivity index (χ1n) is 4.35. The largest absolute Gasteiger partial charge is 0.409 e. The Labute approximate surface area is 90.8 Å². The summed E-state index contributed by atoms with van der Waals surface area (Å²) in [5, 5.41) is 12.0. The Kier molecular flexibility index (Phi) is 2.55. The molecule has 0 unspecified atom stereocenters. The maximum absolute atomic E-state index is 7.47. The smallest absolute Gasteiger partial charge is 0.312 e. The zero-order valence-corrected chi connectivity index (χ0v) is 8.82. The van der Waals surface area contributed by atoms with E-state index < -0.39 is 0 Å². The maximum Gasteiger partial charge on any atom is 0.312 e. The van der Waals surface area contributed by atoms with Gasteiger partial charge in [0.1, 0.15) is 5.15 Å². The molecule has 2 rings (SSSR count). The van der Waals surface area contributed by atoms with Crippen molar-refractivity contribution < 1.29 is 4.42 Å². The van der Waals surface area contributed by atoms with Gasteiger partial charge in [-0.25, -0.2) is 15.1 Å². The number of rotatable bonds is 2. The van der Waals surface area contributed by atoms with Crippen molar-refractivity contribution in [3.05, 3.63) is 40.6 Å². The van der Waals surface area contributed by atoms with Crippen LogP contribution in [0.1, 0.15) is 11.5 Å². The Balaban J connectivity index is 2.25. The SMILES string of the molecule is Cc1nn(Cc2ccc(Cl)nc2)c(=N)o1. The summed E-state index contributed by atoms with van der Waals surface area (Å²) < 4.78 is 6.44. The number of nitrogens with zero attached hydrogens (tertiary/aromatic N) is 3. The highest BCUT2D eigenvalue weighted by Gasteiger charge is 2.02. The Morgan fingerprint density at radius 1 is 1.53 bits per heavy atom. The Bertz CT molecular complexity index is 514. The second-order valence-electron chi connectivity index (χ2n) is 3.07. The number of aromatic nitrogens is 3. The van der Waals surface area contributed by atoms with E-state index in [1.807, 2.05) is 6.07 Å². The summed E-state index contributed by atoms with van der Waals surface area (Å²) in [6.07, 6.45) is 1.65. The van der Waals surface area contributed by atoms with Crippen LogP contribution in [-0.4, -0.2) is 14.8 Å². The quantitative estimate of drug-likeness (QED) is 0.784. The van der Waals surface area contributed by atoms with Crippen LogP contribution >= 0.6 is 11.6 Å². The molecule has 2 aromatic rings. The topological polar surface area (TPSA) is 67.7 Å². The maximum atomic E-state index is 7.47. The van der Waals surface area contributed by atoms with Crippen LogP contribution in [-0.2, 0) is 6.54 Å². The molecule has 5 nitrogen and oxygen atoms in total. The minimum atomic E-state index is 0.0300. The van der Waals surface area contributed by atoms with Gasteiger partial charge in [-0.1, -0.05) is 17.7 Å². The fourth-order valence-electron chi connectivity index (χ4n) is 1.21. The molecule has 2 heterocycles. The van der Waals surface area contributed by atoms with Gasteiger partial charge in [-0.2, -0.15) is 0 Å². The molecule has 78 valence electrons. The predicted octanol–water partition coefficient (Wildman–Crippen LogP) is 1.36. The summed E-state index contributed by atoms with van der Waals surface area (Å²) >= 11 is 5.66. The fourth-order valence-corrected chi connectivity index (χ4v) is 1.32. The van der Waals surface area contributed by atoms with Gasteiger partial charge in [-0.05, 0) is 11.6 Å². The van der Waals surface area contributed by atoms with E-state index in [-0.39, 0.29) is 5.68 Å². The molecule has 0 radical (unpaired) electrons.